The van der Waals surface area contributed by atoms with E-state index in [2.05, 4.69) is 10.0 Å². The van der Waals surface area contributed by atoms with Gasteiger partial charge >= 0.3 is 6.18 Å². The number of amides is 1. The maximum Gasteiger partial charge on any atom is 0.418 e. The van der Waals surface area contributed by atoms with Gasteiger partial charge < -0.3 is 14.8 Å². The zero-order valence-electron chi connectivity index (χ0n) is 18.5. The summed E-state index contributed by atoms with van der Waals surface area (Å²) in [6, 6.07) is 12.7. The Labute approximate surface area is 215 Å². The lowest BCUT2D eigenvalue weighted by atomic mass is 10.1. The molecule has 0 bridgehead atoms. The Hall–Kier alpha value is -3.15. The third kappa shape index (κ3) is 7.19. The molecule has 0 saturated carbocycles. The summed E-state index contributed by atoms with van der Waals surface area (Å²) in [7, 11) is -4.00. The molecule has 0 aliphatic heterocycles. The van der Waals surface area contributed by atoms with Crippen molar-refractivity contribution in [3.05, 3.63) is 76.3 Å². The van der Waals surface area contributed by atoms with E-state index >= 15 is 0 Å². The topological polar surface area (TPSA) is 93.7 Å². The van der Waals surface area contributed by atoms with E-state index in [0.717, 1.165) is 12.1 Å². The molecule has 0 fully saturated rings. The van der Waals surface area contributed by atoms with Crippen LogP contribution in [0.3, 0.4) is 0 Å². The molecule has 3 aromatic carbocycles. The highest BCUT2D eigenvalue weighted by atomic mass is 35.5. The van der Waals surface area contributed by atoms with Crippen LogP contribution in [0, 0.1) is 0 Å². The number of alkyl halides is 3. The first-order valence-corrected chi connectivity index (χ1v) is 12.5. The van der Waals surface area contributed by atoms with Gasteiger partial charge in [0, 0.05) is 10.7 Å². The molecular weight excluding hydrogens is 544 g/mol. The molecule has 0 aliphatic rings. The molecule has 3 aromatic rings. The summed E-state index contributed by atoms with van der Waals surface area (Å²) < 4.78 is 77.9. The molecule has 13 heteroatoms. The van der Waals surface area contributed by atoms with Crippen molar-refractivity contribution in [1.82, 2.24) is 0 Å². The number of sulfonamides is 1. The molecule has 36 heavy (non-hydrogen) atoms. The normalized spacial score (nSPS) is 11.6. The van der Waals surface area contributed by atoms with Crippen LogP contribution in [-0.2, 0) is 21.0 Å². The SMILES string of the molecule is CCOc1ccc(NS(=O)(=O)c2ccc(OCC(=O)Nc3ccc(Cl)cc3C(F)(F)F)c(Cl)c2)cc1. The van der Waals surface area contributed by atoms with Gasteiger partial charge in [-0.3, -0.25) is 9.52 Å². The molecule has 1 amide bonds. The number of nitrogens with one attached hydrogen (secondary N) is 2. The smallest absolute Gasteiger partial charge is 0.418 e. The van der Waals surface area contributed by atoms with E-state index in [0.29, 0.717) is 24.1 Å². The molecule has 0 atom stereocenters. The summed E-state index contributed by atoms with van der Waals surface area (Å²) in [5.41, 5.74) is -1.31. The summed E-state index contributed by atoms with van der Waals surface area (Å²) in [5, 5.41) is 1.84. The highest BCUT2D eigenvalue weighted by Crippen LogP contribution is 2.36. The average molecular weight is 563 g/mol. The molecular formula is C23H19Cl2F3N2O5S. The van der Waals surface area contributed by atoms with E-state index in [-0.39, 0.29) is 20.7 Å². The fourth-order valence-electron chi connectivity index (χ4n) is 2.96. The summed E-state index contributed by atoms with van der Waals surface area (Å²) >= 11 is 11.7. The van der Waals surface area contributed by atoms with Crippen LogP contribution in [-0.4, -0.2) is 27.5 Å². The molecule has 192 valence electrons. The third-order valence-electron chi connectivity index (χ3n) is 4.55. The number of carbonyl (C=O) groups is 1. The predicted molar refractivity (Wildman–Crippen MR) is 130 cm³/mol. The fraction of sp³-hybridized carbons (Fsp3) is 0.174. The number of ether oxygens (including phenoxy) is 2. The minimum Gasteiger partial charge on any atom is -0.494 e. The van der Waals surface area contributed by atoms with Gasteiger partial charge in [0.05, 0.1) is 27.8 Å². The third-order valence-corrected chi connectivity index (χ3v) is 6.46. The summed E-state index contributed by atoms with van der Waals surface area (Å²) in [6.45, 7) is 1.61. The number of anilines is 2. The summed E-state index contributed by atoms with van der Waals surface area (Å²) in [6.07, 6.45) is -4.74. The fourth-order valence-corrected chi connectivity index (χ4v) is 4.51. The van der Waals surface area contributed by atoms with Crippen LogP contribution in [0.25, 0.3) is 0 Å². The van der Waals surface area contributed by atoms with Crippen molar-refractivity contribution < 1.29 is 35.9 Å². The molecule has 3 rings (SSSR count). The first-order valence-electron chi connectivity index (χ1n) is 10.2. The van der Waals surface area contributed by atoms with E-state index in [1.807, 2.05) is 6.92 Å². The van der Waals surface area contributed by atoms with E-state index in [9.17, 15) is 26.4 Å². The van der Waals surface area contributed by atoms with Gasteiger partial charge in [-0.05, 0) is 67.6 Å². The van der Waals surface area contributed by atoms with Crippen LogP contribution >= 0.6 is 23.2 Å². The maximum absolute atomic E-state index is 13.2. The quantitative estimate of drug-likeness (QED) is 0.322. The Balaban J connectivity index is 1.65. The van der Waals surface area contributed by atoms with Gasteiger partial charge in [0.2, 0.25) is 0 Å². The minimum atomic E-state index is -4.74. The van der Waals surface area contributed by atoms with E-state index in [1.54, 1.807) is 12.1 Å². The number of rotatable bonds is 9. The number of hydrogen-bond acceptors (Lipinski definition) is 5. The second kappa shape index (κ2) is 11.3. The Morgan fingerprint density at radius 2 is 1.67 bits per heavy atom. The van der Waals surface area contributed by atoms with Gasteiger partial charge in [0.25, 0.3) is 15.9 Å². The molecule has 0 heterocycles. The Bertz CT molecular complexity index is 1350. The zero-order chi connectivity index (χ0) is 26.5. The molecule has 0 unspecified atom stereocenters. The van der Waals surface area contributed by atoms with Gasteiger partial charge in [-0.25, -0.2) is 8.42 Å². The minimum absolute atomic E-state index is 0.0426. The molecule has 0 spiro atoms. The van der Waals surface area contributed by atoms with Crippen LogP contribution in [0.5, 0.6) is 11.5 Å². The van der Waals surface area contributed by atoms with Crippen LogP contribution in [0.4, 0.5) is 24.5 Å². The van der Waals surface area contributed by atoms with Crippen LogP contribution in [0.1, 0.15) is 12.5 Å². The van der Waals surface area contributed by atoms with Gasteiger partial charge in [-0.2, -0.15) is 13.2 Å². The Morgan fingerprint density at radius 1 is 0.972 bits per heavy atom. The van der Waals surface area contributed by atoms with Crippen molar-refractivity contribution in [2.45, 2.75) is 18.0 Å². The molecule has 2 N–H and O–H groups in total. The first kappa shape index (κ1) is 27.4. The molecule has 0 aliphatic carbocycles. The van der Waals surface area contributed by atoms with Crippen molar-refractivity contribution in [2.75, 3.05) is 23.3 Å². The number of carbonyl (C=O) groups excluding carboxylic acids is 1. The number of benzene rings is 3. The van der Waals surface area contributed by atoms with Gasteiger partial charge in [0.1, 0.15) is 11.5 Å². The lowest BCUT2D eigenvalue weighted by Crippen LogP contribution is -2.22. The van der Waals surface area contributed by atoms with Crippen molar-refractivity contribution in [3.63, 3.8) is 0 Å². The van der Waals surface area contributed by atoms with Gasteiger partial charge in [0.15, 0.2) is 6.61 Å². The molecule has 7 nitrogen and oxygen atoms in total. The van der Waals surface area contributed by atoms with Crippen LogP contribution in [0.2, 0.25) is 10.0 Å². The number of halogens is 5. The summed E-state index contributed by atoms with van der Waals surface area (Å²) in [5.74, 6) is -0.355. The first-order chi connectivity index (χ1) is 16.9. The zero-order valence-corrected chi connectivity index (χ0v) is 20.9. The molecule has 0 saturated heterocycles. The van der Waals surface area contributed by atoms with Crippen molar-refractivity contribution in [3.8, 4) is 11.5 Å². The second-order valence-electron chi connectivity index (χ2n) is 7.18. The van der Waals surface area contributed by atoms with Crippen LogP contribution in [0.15, 0.2) is 65.6 Å². The van der Waals surface area contributed by atoms with Crippen molar-refractivity contribution in [1.29, 1.82) is 0 Å². The lowest BCUT2D eigenvalue weighted by Gasteiger charge is -2.15. The van der Waals surface area contributed by atoms with Gasteiger partial charge in [-0.1, -0.05) is 23.2 Å². The second-order valence-corrected chi connectivity index (χ2v) is 9.71. The standard InChI is InChI=1S/C23H19Cl2F3N2O5S/c1-2-34-16-6-4-15(5-7-16)30-36(32,33)17-8-10-21(19(25)12-17)35-13-22(31)29-20-9-3-14(24)11-18(20)23(26,27)28/h3-12,30H,2,13H2,1H3,(H,29,31). The Morgan fingerprint density at radius 3 is 2.28 bits per heavy atom. The number of hydrogen-bond donors (Lipinski definition) is 2. The van der Waals surface area contributed by atoms with Crippen LogP contribution < -0.4 is 19.5 Å². The largest absolute Gasteiger partial charge is 0.494 e. The predicted octanol–water partition coefficient (Wildman–Crippen LogP) is 6.23. The lowest BCUT2D eigenvalue weighted by molar-refractivity contribution is -0.137. The monoisotopic (exact) mass is 562 g/mol. The average Bonchev–Trinajstić information content (AvgIpc) is 2.80. The molecule has 0 radical (unpaired) electrons. The van der Waals surface area contributed by atoms with E-state index < -0.39 is 40.0 Å². The van der Waals surface area contributed by atoms with Gasteiger partial charge in [-0.15, -0.1) is 0 Å². The highest BCUT2D eigenvalue weighted by Gasteiger charge is 2.34. The maximum atomic E-state index is 13.2. The van der Waals surface area contributed by atoms with E-state index in [4.69, 9.17) is 32.7 Å². The molecule has 0 aromatic heterocycles. The highest BCUT2D eigenvalue weighted by molar-refractivity contribution is 7.92. The van der Waals surface area contributed by atoms with E-state index in [1.165, 1.54) is 30.3 Å². The Kier molecular flexibility index (Phi) is 8.59. The van der Waals surface area contributed by atoms with Crippen molar-refractivity contribution in [2.24, 2.45) is 0 Å². The summed E-state index contributed by atoms with van der Waals surface area (Å²) in [4.78, 5) is 12.0. The van der Waals surface area contributed by atoms with Crippen molar-refractivity contribution >= 4 is 50.5 Å².